The van der Waals surface area contributed by atoms with Crippen LogP contribution in [0.4, 0.5) is 0 Å². The van der Waals surface area contributed by atoms with Gasteiger partial charge < -0.3 is 15.7 Å². The minimum absolute atomic E-state index is 0.293. The normalized spacial score (nSPS) is 17.9. The first-order valence-corrected chi connectivity index (χ1v) is 6.30. The Balaban J connectivity index is 2.13. The maximum absolute atomic E-state index is 10.8. The molecule has 0 spiro atoms. The predicted molar refractivity (Wildman–Crippen MR) is 64.7 cm³/mol. The van der Waals surface area contributed by atoms with E-state index in [1.165, 1.54) is 32.6 Å². The van der Waals surface area contributed by atoms with Crippen molar-refractivity contribution in [3.05, 3.63) is 0 Å². The molecular weight excluding hydrogens is 220 g/mol. The molecule has 98 valence electrons. The summed E-state index contributed by atoms with van der Waals surface area (Å²) in [6.45, 7) is 2.45. The van der Waals surface area contributed by atoms with E-state index < -0.39 is 12.0 Å². The molecule has 0 aliphatic heterocycles. The minimum atomic E-state index is -0.992. The SMILES string of the molecule is CC(=O)NC(CNCCC1CCCC1)C(=O)O. The van der Waals surface area contributed by atoms with Crippen molar-refractivity contribution in [1.29, 1.82) is 0 Å². The molecule has 0 radical (unpaired) electrons. The van der Waals surface area contributed by atoms with Crippen molar-refractivity contribution in [3.8, 4) is 0 Å². The first-order valence-electron chi connectivity index (χ1n) is 6.30. The first kappa shape index (κ1) is 14.0. The maximum atomic E-state index is 10.8. The molecule has 17 heavy (non-hydrogen) atoms. The molecule has 0 aromatic rings. The molecule has 1 unspecified atom stereocenters. The fourth-order valence-electron chi connectivity index (χ4n) is 2.30. The van der Waals surface area contributed by atoms with Gasteiger partial charge in [0.2, 0.25) is 5.91 Å². The van der Waals surface area contributed by atoms with Gasteiger partial charge in [-0.05, 0) is 18.9 Å². The molecule has 1 aliphatic rings. The Kier molecular flexibility index (Phi) is 5.97. The van der Waals surface area contributed by atoms with E-state index in [1.54, 1.807) is 0 Å². The number of hydrogen-bond acceptors (Lipinski definition) is 3. The highest BCUT2D eigenvalue weighted by molar-refractivity contribution is 5.82. The van der Waals surface area contributed by atoms with Crippen molar-refractivity contribution in [2.24, 2.45) is 5.92 Å². The molecule has 1 saturated carbocycles. The quantitative estimate of drug-likeness (QED) is 0.576. The molecule has 0 bridgehead atoms. The summed E-state index contributed by atoms with van der Waals surface area (Å²) in [7, 11) is 0. The smallest absolute Gasteiger partial charge is 0.327 e. The lowest BCUT2D eigenvalue weighted by Crippen LogP contribution is -2.46. The van der Waals surface area contributed by atoms with Gasteiger partial charge in [-0.25, -0.2) is 4.79 Å². The van der Waals surface area contributed by atoms with Crippen LogP contribution in [0.15, 0.2) is 0 Å². The van der Waals surface area contributed by atoms with Gasteiger partial charge in [-0.3, -0.25) is 4.79 Å². The van der Waals surface area contributed by atoms with E-state index in [1.807, 2.05) is 0 Å². The second-order valence-electron chi connectivity index (χ2n) is 4.73. The van der Waals surface area contributed by atoms with E-state index in [0.717, 1.165) is 18.9 Å². The van der Waals surface area contributed by atoms with Crippen molar-refractivity contribution in [3.63, 3.8) is 0 Å². The van der Waals surface area contributed by atoms with Gasteiger partial charge in [-0.15, -0.1) is 0 Å². The van der Waals surface area contributed by atoms with E-state index in [-0.39, 0.29) is 5.91 Å². The van der Waals surface area contributed by atoms with E-state index >= 15 is 0 Å². The lowest BCUT2D eigenvalue weighted by atomic mass is 10.0. The third kappa shape index (κ3) is 5.68. The molecule has 1 amide bonds. The summed E-state index contributed by atoms with van der Waals surface area (Å²) in [6, 6.07) is -0.823. The number of carbonyl (C=O) groups excluding carboxylic acids is 1. The van der Waals surface area contributed by atoms with Crippen molar-refractivity contribution in [2.75, 3.05) is 13.1 Å². The van der Waals surface area contributed by atoms with E-state index in [4.69, 9.17) is 5.11 Å². The van der Waals surface area contributed by atoms with Crippen LogP contribution in [0.1, 0.15) is 39.0 Å². The molecule has 3 N–H and O–H groups in total. The number of nitrogens with one attached hydrogen (secondary N) is 2. The molecule has 5 nitrogen and oxygen atoms in total. The molecule has 0 heterocycles. The summed E-state index contributed by atoms with van der Waals surface area (Å²) in [5.41, 5.74) is 0. The van der Waals surface area contributed by atoms with Crippen LogP contribution < -0.4 is 10.6 Å². The average Bonchev–Trinajstić information content (AvgIpc) is 2.74. The highest BCUT2D eigenvalue weighted by atomic mass is 16.4. The predicted octanol–water partition coefficient (Wildman–Crippen LogP) is 0.746. The largest absolute Gasteiger partial charge is 0.480 e. The van der Waals surface area contributed by atoms with E-state index in [2.05, 4.69) is 10.6 Å². The van der Waals surface area contributed by atoms with E-state index in [0.29, 0.717) is 6.54 Å². The van der Waals surface area contributed by atoms with Gasteiger partial charge in [0.1, 0.15) is 6.04 Å². The van der Waals surface area contributed by atoms with Crippen molar-refractivity contribution >= 4 is 11.9 Å². The van der Waals surface area contributed by atoms with Crippen LogP contribution >= 0.6 is 0 Å². The Bertz CT molecular complexity index is 262. The molecular formula is C12H22N2O3. The molecule has 0 aromatic heterocycles. The lowest BCUT2D eigenvalue weighted by Gasteiger charge is -2.15. The monoisotopic (exact) mass is 242 g/mol. The van der Waals surface area contributed by atoms with Gasteiger partial charge in [-0.2, -0.15) is 0 Å². The number of hydrogen-bond donors (Lipinski definition) is 3. The number of carboxylic acid groups (broad SMARTS) is 1. The van der Waals surface area contributed by atoms with Gasteiger partial charge >= 0.3 is 5.97 Å². The minimum Gasteiger partial charge on any atom is -0.480 e. The fraction of sp³-hybridized carbons (Fsp3) is 0.833. The Morgan fingerprint density at radius 1 is 1.35 bits per heavy atom. The van der Waals surface area contributed by atoms with E-state index in [9.17, 15) is 9.59 Å². The summed E-state index contributed by atoms with van der Waals surface area (Å²) in [6.07, 6.45) is 6.36. The first-order chi connectivity index (χ1) is 8.09. The summed E-state index contributed by atoms with van der Waals surface area (Å²) in [4.78, 5) is 21.6. The van der Waals surface area contributed by atoms with Crippen LogP contribution in [0.25, 0.3) is 0 Å². The summed E-state index contributed by atoms with van der Waals surface area (Å²) in [5, 5.41) is 14.4. The molecule has 1 aliphatic carbocycles. The second kappa shape index (κ2) is 7.27. The lowest BCUT2D eigenvalue weighted by molar-refractivity contribution is -0.141. The fourth-order valence-corrected chi connectivity index (χ4v) is 2.30. The van der Waals surface area contributed by atoms with Crippen molar-refractivity contribution in [2.45, 2.75) is 45.1 Å². The Morgan fingerprint density at radius 2 is 2.00 bits per heavy atom. The molecule has 0 saturated heterocycles. The number of carbonyl (C=O) groups is 2. The molecule has 5 heteroatoms. The van der Waals surface area contributed by atoms with Gasteiger partial charge in [0, 0.05) is 13.5 Å². The highest BCUT2D eigenvalue weighted by Crippen LogP contribution is 2.26. The zero-order valence-electron chi connectivity index (χ0n) is 10.4. The summed E-state index contributed by atoms with van der Waals surface area (Å²) < 4.78 is 0. The van der Waals surface area contributed by atoms with Crippen molar-refractivity contribution in [1.82, 2.24) is 10.6 Å². The number of aliphatic carboxylic acids is 1. The number of amides is 1. The zero-order valence-corrected chi connectivity index (χ0v) is 10.4. The number of carboxylic acids is 1. The highest BCUT2D eigenvalue weighted by Gasteiger charge is 2.18. The third-order valence-corrected chi connectivity index (χ3v) is 3.23. The standard InChI is InChI=1S/C12H22N2O3/c1-9(15)14-11(12(16)17)8-13-7-6-10-4-2-3-5-10/h10-11,13H,2-8H2,1H3,(H,14,15)(H,16,17). The van der Waals surface area contributed by atoms with Crippen LogP contribution in [0.2, 0.25) is 0 Å². The molecule has 1 fully saturated rings. The number of rotatable bonds is 7. The Labute approximate surface area is 102 Å². The average molecular weight is 242 g/mol. The molecule has 0 aromatic carbocycles. The zero-order chi connectivity index (χ0) is 12.7. The summed E-state index contributed by atoms with van der Waals surface area (Å²) in [5.74, 6) is -0.505. The molecule has 1 atom stereocenters. The van der Waals surface area contributed by atoms with Gasteiger partial charge in [0.15, 0.2) is 0 Å². The van der Waals surface area contributed by atoms with Crippen LogP contribution in [0.5, 0.6) is 0 Å². The van der Waals surface area contributed by atoms with Crippen LogP contribution in [0, 0.1) is 5.92 Å². The van der Waals surface area contributed by atoms with Gasteiger partial charge in [0.25, 0.3) is 0 Å². The van der Waals surface area contributed by atoms with Crippen LogP contribution in [0.3, 0.4) is 0 Å². The van der Waals surface area contributed by atoms with Gasteiger partial charge in [-0.1, -0.05) is 25.7 Å². The van der Waals surface area contributed by atoms with Gasteiger partial charge in [0.05, 0.1) is 0 Å². The Morgan fingerprint density at radius 3 is 2.53 bits per heavy atom. The Hall–Kier alpha value is -1.10. The topological polar surface area (TPSA) is 78.4 Å². The molecule has 1 rings (SSSR count). The maximum Gasteiger partial charge on any atom is 0.327 e. The van der Waals surface area contributed by atoms with Crippen LogP contribution in [-0.4, -0.2) is 36.1 Å². The summed E-state index contributed by atoms with van der Waals surface area (Å²) >= 11 is 0. The van der Waals surface area contributed by atoms with Crippen molar-refractivity contribution < 1.29 is 14.7 Å². The van der Waals surface area contributed by atoms with Crippen LogP contribution in [-0.2, 0) is 9.59 Å². The second-order valence-corrected chi connectivity index (χ2v) is 4.73. The third-order valence-electron chi connectivity index (χ3n) is 3.23.